The van der Waals surface area contributed by atoms with Crippen molar-refractivity contribution in [2.24, 2.45) is 0 Å². The predicted molar refractivity (Wildman–Crippen MR) is 16.6 cm³/mol. The zero-order valence-electron chi connectivity index (χ0n) is 2.08. The molecule has 3 nitrogen and oxygen atoms in total. The summed E-state index contributed by atoms with van der Waals surface area (Å²) in [5.41, 5.74) is 0. The van der Waals surface area contributed by atoms with Crippen molar-refractivity contribution in [3.8, 4) is 0 Å². The third-order valence-corrected chi connectivity index (χ3v) is 0. The molecule has 6 N–H and O–H groups in total. The van der Waals surface area contributed by atoms with Crippen LogP contribution in [0.3, 0.4) is 0 Å². The van der Waals surface area contributed by atoms with Gasteiger partial charge in [-0.25, -0.2) is 0 Å². The summed E-state index contributed by atoms with van der Waals surface area (Å²) in [6.07, 6.45) is 0. The Labute approximate surface area is 42.7 Å². The van der Waals surface area contributed by atoms with Gasteiger partial charge in [0.1, 0.15) is 0 Å². The molecule has 0 aromatic rings. The molecule has 0 aliphatic carbocycles. The van der Waals surface area contributed by atoms with Gasteiger partial charge in [-0.05, 0) is 0 Å². The second kappa shape index (κ2) is 50.4. The molecule has 0 spiro atoms. The fourth-order valence-corrected chi connectivity index (χ4v) is 0. The monoisotopic (exact) mass is 169 g/mol. The first-order valence-corrected chi connectivity index (χ1v) is 0. The van der Waals surface area contributed by atoms with Crippen LogP contribution in [-0.2, 0) is 0 Å². The molecule has 0 unspecified atom stereocenters. The molecule has 0 fully saturated rings. The van der Waals surface area contributed by atoms with E-state index in [-0.39, 0.29) is 42.3 Å². The topological polar surface area (TPSA) is 94.5 Å². The van der Waals surface area contributed by atoms with E-state index in [2.05, 4.69) is 0 Å². The normalized spacial score (nSPS) is 0. The Bertz CT molecular complexity index is 3.25. The minimum absolute atomic E-state index is 0. The van der Waals surface area contributed by atoms with E-state index in [1.165, 1.54) is 0 Å². The first-order valence-electron chi connectivity index (χ1n) is 0. The molecule has 24 valence electrons. The molecule has 0 radical (unpaired) electrons. The van der Waals surface area contributed by atoms with Gasteiger partial charge in [-0.2, -0.15) is 0 Å². The van der Waals surface area contributed by atoms with E-state index in [4.69, 9.17) is 0 Å². The zero-order chi connectivity index (χ0) is 0. The van der Waals surface area contributed by atoms with E-state index in [0.29, 0.717) is 0 Å². The van der Waals surface area contributed by atoms with E-state index >= 15 is 0 Å². The number of hydrogen-bond acceptors (Lipinski definition) is 0. The Morgan fingerprint density at radius 1 is 0.500 bits per heavy atom. The van der Waals surface area contributed by atoms with Crippen molar-refractivity contribution in [1.82, 2.24) is 0 Å². The smallest absolute Gasteiger partial charge is 0.412 e. The first-order chi connectivity index (χ1) is 0. The van der Waals surface area contributed by atoms with Crippen molar-refractivity contribution in [1.29, 1.82) is 0 Å². The van der Waals surface area contributed by atoms with E-state index < -0.39 is 0 Å². The summed E-state index contributed by atoms with van der Waals surface area (Å²) in [5.74, 6) is 0. The van der Waals surface area contributed by atoms with Crippen LogP contribution in [0.5, 0.6) is 0 Å². The molecule has 4 heteroatoms. The van der Waals surface area contributed by atoms with Crippen LogP contribution in [0.15, 0.2) is 0 Å². The van der Waals surface area contributed by atoms with Gasteiger partial charge >= 0.3 is 25.8 Å². The van der Waals surface area contributed by atoms with Crippen molar-refractivity contribution < 1.29 is 16.4 Å². The maximum atomic E-state index is 0. The van der Waals surface area contributed by atoms with Crippen LogP contribution in [0, 0.1) is 0 Å². The van der Waals surface area contributed by atoms with Gasteiger partial charge in [0, 0.05) is 0 Å². The summed E-state index contributed by atoms with van der Waals surface area (Å²) < 4.78 is 0. The summed E-state index contributed by atoms with van der Waals surface area (Å²) in [5, 5.41) is 0. The third-order valence-electron chi connectivity index (χ3n) is 0. The van der Waals surface area contributed by atoms with Gasteiger partial charge in [-0.15, -0.1) is 0 Å². The Kier molecular flexibility index (Phi) is 1500. The Balaban J connectivity index is 0. The molecule has 0 atom stereocenters. The van der Waals surface area contributed by atoms with E-state index in [9.17, 15) is 0 Å². The van der Waals surface area contributed by atoms with Crippen molar-refractivity contribution in [2.75, 3.05) is 0 Å². The summed E-state index contributed by atoms with van der Waals surface area (Å²) in [6.45, 7) is 0. The maximum absolute atomic E-state index is 0. The van der Waals surface area contributed by atoms with Gasteiger partial charge in [0.2, 0.25) is 0 Å². The van der Waals surface area contributed by atoms with E-state index in [0.717, 1.165) is 0 Å². The largest absolute Gasteiger partial charge is 3.00 e. The predicted octanol–water partition coefficient (Wildman–Crippen LogP) is -2.85. The molecule has 0 heterocycles. The minimum Gasteiger partial charge on any atom is -0.412 e. The zero-order valence-corrected chi connectivity index (χ0v) is 5.37. The van der Waals surface area contributed by atoms with Gasteiger partial charge in [0.15, 0.2) is 0 Å². The van der Waals surface area contributed by atoms with Gasteiger partial charge < -0.3 is 16.4 Å². The second-order valence-electron chi connectivity index (χ2n) is 0. The summed E-state index contributed by atoms with van der Waals surface area (Å²) >= 11 is 0. The van der Waals surface area contributed by atoms with Crippen molar-refractivity contribution in [2.45, 2.75) is 0 Å². The molecular formula is H6InO3+3. The van der Waals surface area contributed by atoms with Crippen LogP contribution < -0.4 is 0 Å². The molecular weight excluding hydrogens is 163 g/mol. The SMILES string of the molecule is O.O.O.[In+3]. The van der Waals surface area contributed by atoms with Crippen molar-refractivity contribution >= 4 is 25.8 Å². The van der Waals surface area contributed by atoms with Crippen LogP contribution in [0.2, 0.25) is 0 Å². The second-order valence-corrected chi connectivity index (χ2v) is 0. The van der Waals surface area contributed by atoms with E-state index in [1.807, 2.05) is 0 Å². The number of hydrogen-bond donors (Lipinski definition) is 0. The standard InChI is InChI=1S/In.3H2O/h;3*1H2/q+3;;;. The van der Waals surface area contributed by atoms with E-state index in [1.54, 1.807) is 0 Å². The average Bonchev–Trinajstić information content (AvgIpc) is 0. The van der Waals surface area contributed by atoms with Crippen LogP contribution in [-0.4, -0.2) is 42.3 Å². The molecule has 0 aliphatic heterocycles. The van der Waals surface area contributed by atoms with Crippen molar-refractivity contribution in [3.63, 3.8) is 0 Å². The van der Waals surface area contributed by atoms with Crippen LogP contribution in [0.1, 0.15) is 0 Å². The molecule has 0 amide bonds. The Morgan fingerprint density at radius 3 is 0.500 bits per heavy atom. The molecule has 0 aliphatic rings. The fraction of sp³-hybridized carbons (Fsp3) is 0. The number of rotatable bonds is 0. The summed E-state index contributed by atoms with van der Waals surface area (Å²) in [4.78, 5) is 0. The average molecular weight is 169 g/mol. The van der Waals surface area contributed by atoms with Crippen LogP contribution >= 0.6 is 0 Å². The minimum atomic E-state index is 0. The van der Waals surface area contributed by atoms with Crippen molar-refractivity contribution in [3.05, 3.63) is 0 Å². The Hall–Kier alpha value is 0.750. The maximum Gasteiger partial charge on any atom is 3.00 e. The van der Waals surface area contributed by atoms with Gasteiger partial charge in [-0.3, -0.25) is 0 Å². The summed E-state index contributed by atoms with van der Waals surface area (Å²) in [7, 11) is 0. The molecule has 0 saturated heterocycles. The van der Waals surface area contributed by atoms with Gasteiger partial charge in [0.05, 0.1) is 0 Å². The van der Waals surface area contributed by atoms with Gasteiger partial charge in [0.25, 0.3) is 0 Å². The quantitative estimate of drug-likeness (QED) is 0.373. The molecule has 0 bridgehead atoms. The summed E-state index contributed by atoms with van der Waals surface area (Å²) in [6, 6.07) is 0. The molecule has 4 heavy (non-hydrogen) atoms. The fourth-order valence-electron chi connectivity index (χ4n) is 0. The molecule has 0 rings (SSSR count). The van der Waals surface area contributed by atoms with Crippen LogP contribution in [0.25, 0.3) is 0 Å². The van der Waals surface area contributed by atoms with Crippen LogP contribution in [0.4, 0.5) is 0 Å². The molecule has 0 aromatic heterocycles. The molecule has 0 saturated carbocycles. The Morgan fingerprint density at radius 2 is 0.500 bits per heavy atom. The molecule has 0 aromatic carbocycles. The first kappa shape index (κ1) is 119. The third kappa shape index (κ3) is 15.0. The van der Waals surface area contributed by atoms with Gasteiger partial charge in [-0.1, -0.05) is 0 Å².